The van der Waals surface area contributed by atoms with Crippen molar-refractivity contribution in [3.05, 3.63) is 69.9 Å². The van der Waals surface area contributed by atoms with Gasteiger partial charge in [0, 0.05) is 15.4 Å². The van der Waals surface area contributed by atoms with Gasteiger partial charge in [0.15, 0.2) is 0 Å². The fraction of sp³-hybridized carbons (Fsp3) is 0.0667. The molecule has 0 radical (unpaired) electrons. The molecule has 0 aliphatic carbocycles. The molecule has 1 aromatic heterocycles. The van der Waals surface area contributed by atoms with Crippen molar-refractivity contribution in [2.24, 2.45) is 5.73 Å². The highest BCUT2D eigenvalue weighted by molar-refractivity contribution is 9.10. The summed E-state index contributed by atoms with van der Waals surface area (Å²) >= 11 is 3.36. The fourth-order valence-corrected chi connectivity index (χ4v) is 2.47. The molecule has 1 atom stereocenters. The highest BCUT2D eigenvalue weighted by Gasteiger charge is 2.18. The van der Waals surface area contributed by atoms with Gasteiger partial charge in [0.1, 0.15) is 23.0 Å². The monoisotopic (exact) mass is 337 g/mol. The Bertz CT molecular complexity index is 785. The third-order valence-corrected chi connectivity index (χ3v) is 3.59. The number of hydrogen-bond donors (Lipinski definition) is 1. The lowest BCUT2D eigenvalue weighted by atomic mass is 10.0. The Morgan fingerprint density at radius 2 is 1.85 bits per heavy atom. The largest absolute Gasteiger partial charge is 0.459 e. The number of nitrogens with two attached hydrogens (primary N) is 1. The lowest BCUT2D eigenvalue weighted by Gasteiger charge is -2.10. The maximum atomic E-state index is 13.7. The fourth-order valence-electron chi connectivity index (χ4n) is 2.09. The lowest BCUT2D eigenvalue weighted by molar-refractivity contribution is 0.506. The quantitative estimate of drug-likeness (QED) is 0.746. The van der Waals surface area contributed by atoms with E-state index in [9.17, 15) is 8.78 Å². The van der Waals surface area contributed by atoms with Gasteiger partial charge in [-0.2, -0.15) is 0 Å². The van der Waals surface area contributed by atoms with Crippen LogP contribution >= 0.6 is 15.9 Å². The minimum atomic E-state index is -0.850. The van der Waals surface area contributed by atoms with E-state index in [-0.39, 0.29) is 5.56 Å². The van der Waals surface area contributed by atoms with Gasteiger partial charge in [-0.3, -0.25) is 0 Å². The average Bonchev–Trinajstić information content (AvgIpc) is 2.83. The molecule has 3 aromatic rings. The van der Waals surface area contributed by atoms with Gasteiger partial charge in [0.25, 0.3) is 0 Å². The normalized spacial score (nSPS) is 12.8. The van der Waals surface area contributed by atoms with Gasteiger partial charge in [0.05, 0.1) is 6.04 Å². The van der Waals surface area contributed by atoms with Gasteiger partial charge < -0.3 is 10.2 Å². The summed E-state index contributed by atoms with van der Waals surface area (Å²) in [5.74, 6) is -0.696. The van der Waals surface area contributed by atoms with Crippen LogP contribution in [-0.4, -0.2) is 0 Å². The highest BCUT2D eigenvalue weighted by atomic mass is 79.9. The van der Waals surface area contributed by atoms with E-state index < -0.39 is 17.7 Å². The molecule has 0 bridgehead atoms. The van der Waals surface area contributed by atoms with Gasteiger partial charge in [-0.15, -0.1) is 0 Å². The molecule has 0 saturated heterocycles. The predicted octanol–water partition coefficient (Wildman–Crippen LogP) is 4.52. The van der Waals surface area contributed by atoms with Gasteiger partial charge in [-0.1, -0.05) is 15.9 Å². The standard InChI is InChI=1S/C15H10BrF2NO/c16-9-1-4-13-8(5-9)6-14(20-13)15(19)11-7-10(17)2-3-12(11)18/h1-7,15H,19H2. The van der Waals surface area contributed by atoms with Crippen molar-refractivity contribution in [3.63, 3.8) is 0 Å². The Morgan fingerprint density at radius 3 is 2.65 bits per heavy atom. The van der Waals surface area contributed by atoms with Crippen LogP contribution in [0.3, 0.4) is 0 Å². The number of hydrogen-bond acceptors (Lipinski definition) is 2. The topological polar surface area (TPSA) is 39.2 Å². The molecule has 5 heteroatoms. The Hall–Kier alpha value is -1.72. The van der Waals surface area contributed by atoms with E-state index in [1.807, 2.05) is 12.1 Å². The smallest absolute Gasteiger partial charge is 0.134 e. The second kappa shape index (κ2) is 5.00. The molecule has 0 fully saturated rings. The summed E-state index contributed by atoms with van der Waals surface area (Å²) < 4.78 is 33.5. The number of rotatable bonds is 2. The first-order valence-electron chi connectivity index (χ1n) is 5.94. The summed E-state index contributed by atoms with van der Waals surface area (Å²) in [4.78, 5) is 0. The number of benzene rings is 2. The molecule has 102 valence electrons. The van der Waals surface area contributed by atoms with Crippen molar-refractivity contribution in [2.45, 2.75) is 6.04 Å². The van der Waals surface area contributed by atoms with Crippen LogP contribution in [0.15, 0.2) is 51.4 Å². The van der Waals surface area contributed by atoms with Crippen LogP contribution in [0.1, 0.15) is 17.4 Å². The van der Waals surface area contributed by atoms with Gasteiger partial charge in [0.2, 0.25) is 0 Å². The first-order valence-corrected chi connectivity index (χ1v) is 6.73. The summed E-state index contributed by atoms with van der Waals surface area (Å²) in [5, 5.41) is 0.849. The molecule has 0 aliphatic heterocycles. The van der Waals surface area contributed by atoms with Crippen molar-refractivity contribution >= 4 is 26.9 Å². The van der Waals surface area contributed by atoms with E-state index in [4.69, 9.17) is 10.2 Å². The van der Waals surface area contributed by atoms with Crippen LogP contribution in [-0.2, 0) is 0 Å². The molecule has 0 aliphatic rings. The van der Waals surface area contributed by atoms with Crippen molar-refractivity contribution in [1.29, 1.82) is 0 Å². The zero-order valence-corrected chi connectivity index (χ0v) is 11.8. The molecular weight excluding hydrogens is 328 g/mol. The lowest BCUT2D eigenvalue weighted by Crippen LogP contribution is -2.13. The van der Waals surface area contributed by atoms with Gasteiger partial charge in [-0.25, -0.2) is 8.78 Å². The predicted molar refractivity (Wildman–Crippen MR) is 76.3 cm³/mol. The number of halogens is 3. The van der Waals surface area contributed by atoms with Crippen LogP contribution in [0.25, 0.3) is 11.0 Å². The highest BCUT2D eigenvalue weighted by Crippen LogP contribution is 2.29. The number of furan rings is 1. The van der Waals surface area contributed by atoms with Gasteiger partial charge in [-0.05, 0) is 42.5 Å². The van der Waals surface area contributed by atoms with Crippen molar-refractivity contribution in [3.8, 4) is 0 Å². The molecule has 2 aromatic carbocycles. The summed E-state index contributed by atoms with van der Waals surface area (Å²) in [7, 11) is 0. The molecular formula is C15H10BrF2NO. The molecule has 0 saturated carbocycles. The molecule has 20 heavy (non-hydrogen) atoms. The molecule has 1 unspecified atom stereocenters. The average molecular weight is 338 g/mol. The first kappa shape index (κ1) is 13.3. The van der Waals surface area contributed by atoms with Crippen LogP contribution in [0, 0.1) is 11.6 Å². The van der Waals surface area contributed by atoms with Crippen molar-refractivity contribution in [1.82, 2.24) is 0 Å². The minimum absolute atomic E-state index is 0.0723. The van der Waals surface area contributed by atoms with E-state index in [0.29, 0.717) is 11.3 Å². The zero-order chi connectivity index (χ0) is 14.3. The summed E-state index contributed by atoms with van der Waals surface area (Å²) in [6.45, 7) is 0. The van der Waals surface area contributed by atoms with Crippen molar-refractivity contribution < 1.29 is 13.2 Å². The van der Waals surface area contributed by atoms with Gasteiger partial charge >= 0.3 is 0 Å². The molecule has 2 nitrogen and oxygen atoms in total. The maximum Gasteiger partial charge on any atom is 0.134 e. The van der Waals surface area contributed by atoms with E-state index >= 15 is 0 Å². The van der Waals surface area contributed by atoms with E-state index in [1.165, 1.54) is 0 Å². The second-order valence-corrected chi connectivity index (χ2v) is 5.39. The molecule has 2 N–H and O–H groups in total. The second-order valence-electron chi connectivity index (χ2n) is 4.47. The minimum Gasteiger partial charge on any atom is -0.459 e. The first-order chi connectivity index (χ1) is 9.54. The molecule has 0 spiro atoms. The summed E-state index contributed by atoms with van der Waals surface area (Å²) in [6.07, 6.45) is 0. The van der Waals surface area contributed by atoms with E-state index in [1.54, 1.807) is 12.1 Å². The SMILES string of the molecule is NC(c1cc2cc(Br)ccc2o1)c1cc(F)ccc1F. The Balaban J connectivity index is 2.07. The van der Waals surface area contributed by atoms with Crippen molar-refractivity contribution in [2.75, 3.05) is 0 Å². The van der Waals surface area contributed by atoms with Crippen LogP contribution in [0.2, 0.25) is 0 Å². The zero-order valence-electron chi connectivity index (χ0n) is 10.2. The Labute approximate surface area is 122 Å². The molecule has 1 heterocycles. The van der Waals surface area contributed by atoms with Crippen LogP contribution in [0.5, 0.6) is 0 Å². The Morgan fingerprint density at radius 1 is 1.05 bits per heavy atom. The number of fused-ring (bicyclic) bond motifs is 1. The van der Waals surface area contributed by atoms with Crippen LogP contribution in [0.4, 0.5) is 8.78 Å². The summed E-state index contributed by atoms with van der Waals surface area (Å²) in [6, 6.07) is 9.58. The Kier molecular flexibility index (Phi) is 3.31. The third kappa shape index (κ3) is 2.34. The van der Waals surface area contributed by atoms with E-state index in [0.717, 1.165) is 28.1 Å². The third-order valence-electron chi connectivity index (χ3n) is 3.10. The molecule has 3 rings (SSSR count). The van der Waals surface area contributed by atoms with Crippen LogP contribution < -0.4 is 5.73 Å². The maximum absolute atomic E-state index is 13.7. The molecule has 0 amide bonds. The van der Waals surface area contributed by atoms with E-state index in [2.05, 4.69) is 15.9 Å². The summed E-state index contributed by atoms with van der Waals surface area (Å²) in [5.41, 5.74) is 6.70.